The molecular weight excluding hydrogens is 360 g/mol. The van der Waals surface area contributed by atoms with Crippen LogP contribution in [-0.2, 0) is 9.53 Å². The number of nitrogens with one attached hydrogen (secondary N) is 1. The monoisotopic (exact) mass is 376 g/mol. The van der Waals surface area contributed by atoms with Crippen LogP contribution in [0.3, 0.4) is 0 Å². The van der Waals surface area contributed by atoms with Crippen LogP contribution in [0.2, 0.25) is 0 Å². The predicted octanol–water partition coefficient (Wildman–Crippen LogP) is 2.45. The van der Waals surface area contributed by atoms with Gasteiger partial charge in [0.15, 0.2) is 18.1 Å². The van der Waals surface area contributed by atoms with Gasteiger partial charge in [-0.15, -0.1) is 0 Å². The lowest BCUT2D eigenvalue weighted by atomic mass is 10.2. The number of esters is 1. The molecule has 0 unspecified atom stereocenters. The van der Waals surface area contributed by atoms with Gasteiger partial charge in [0.05, 0.1) is 30.5 Å². The van der Waals surface area contributed by atoms with Gasteiger partial charge in [0, 0.05) is 12.5 Å². The number of furan rings is 1. The summed E-state index contributed by atoms with van der Waals surface area (Å²) in [5.74, 6) is -0.580. The Kier molecular flexibility index (Phi) is 5.25. The molecule has 1 aromatic carbocycles. The highest BCUT2D eigenvalue weighted by Gasteiger charge is 2.23. The summed E-state index contributed by atoms with van der Waals surface area (Å²) in [6.45, 7) is 1.73. The van der Waals surface area contributed by atoms with E-state index in [-0.39, 0.29) is 22.7 Å². The predicted molar refractivity (Wildman–Crippen MR) is 91.1 cm³/mol. The fraction of sp³-hybridized carbons (Fsp3) is 0.294. The van der Waals surface area contributed by atoms with Gasteiger partial charge in [-0.3, -0.25) is 14.9 Å². The molecule has 1 aliphatic rings. The molecule has 2 heterocycles. The fourth-order valence-electron chi connectivity index (χ4n) is 2.44. The number of aryl methyl sites for hydroxylation is 1. The number of rotatable bonds is 5. The zero-order valence-corrected chi connectivity index (χ0v) is 14.4. The van der Waals surface area contributed by atoms with E-state index in [2.05, 4.69) is 5.32 Å². The molecule has 0 aliphatic carbocycles. The second-order valence-electron chi connectivity index (χ2n) is 5.64. The Labute approximate surface area is 153 Å². The van der Waals surface area contributed by atoms with E-state index < -0.39 is 23.4 Å². The van der Waals surface area contributed by atoms with Crippen molar-refractivity contribution < 1.29 is 33.1 Å². The summed E-state index contributed by atoms with van der Waals surface area (Å²) >= 11 is 0. The maximum absolute atomic E-state index is 12.1. The van der Waals surface area contributed by atoms with Gasteiger partial charge in [0.25, 0.3) is 11.6 Å². The van der Waals surface area contributed by atoms with Crippen molar-refractivity contribution in [1.82, 2.24) is 0 Å². The highest BCUT2D eigenvalue weighted by molar-refractivity contribution is 5.97. The van der Waals surface area contributed by atoms with Gasteiger partial charge in [-0.1, -0.05) is 0 Å². The molecule has 0 radical (unpaired) electrons. The third kappa shape index (κ3) is 4.17. The molecule has 10 nitrogen and oxygen atoms in total. The summed E-state index contributed by atoms with van der Waals surface area (Å²) in [6.07, 6.45) is 1.96. The SMILES string of the molecule is Cc1occc1C(=O)OCC(=O)Nc1cc2c(cc1[N+](=O)[O-])OCCCO2. The van der Waals surface area contributed by atoms with E-state index in [9.17, 15) is 19.7 Å². The highest BCUT2D eigenvalue weighted by Crippen LogP contribution is 2.39. The smallest absolute Gasteiger partial charge is 0.342 e. The Balaban J connectivity index is 1.71. The maximum atomic E-state index is 12.1. The van der Waals surface area contributed by atoms with Crippen LogP contribution < -0.4 is 14.8 Å². The van der Waals surface area contributed by atoms with Crippen LogP contribution >= 0.6 is 0 Å². The molecule has 0 saturated carbocycles. The van der Waals surface area contributed by atoms with E-state index in [1.165, 1.54) is 24.5 Å². The summed E-state index contributed by atoms with van der Waals surface area (Å²) < 4.78 is 20.8. The minimum absolute atomic E-state index is 0.0789. The molecule has 0 spiro atoms. The average Bonchev–Trinajstić information content (AvgIpc) is 2.93. The first kappa shape index (κ1) is 18.2. The van der Waals surface area contributed by atoms with Crippen molar-refractivity contribution in [1.29, 1.82) is 0 Å². The maximum Gasteiger partial charge on any atom is 0.342 e. The number of nitro groups is 1. The summed E-state index contributed by atoms with van der Waals surface area (Å²) in [4.78, 5) is 34.6. The molecule has 3 rings (SSSR count). The number of amides is 1. The molecule has 27 heavy (non-hydrogen) atoms. The molecule has 142 valence electrons. The van der Waals surface area contributed by atoms with Crippen molar-refractivity contribution >= 4 is 23.3 Å². The third-order valence-electron chi connectivity index (χ3n) is 3.75. The first-order valence-electron chi connectivity index (χ1n) is 8.05. The van der Waals surface area contributed by atoms with Crippen LogP contribution in [0.4, 0.5) is 11.4 Å². The normalized spacial score (nSPS) is 12.8. The second-order valence-corrected chi connectivity index (χ2v) is 5.64. The van der Waals surface area contributed by atoms with Crippen molar-refractivity contribution in [2.24, 2.45) is 0 Å². The molecule has 1 N–H and O–H groups in total. The van der Waals surface area contributed by atoms with Gasteiger partial charge >= 0.3 is 5.97 Å². The second kappa shape index (κ2) is 7.77. The minimum Gasteiger partial charge on any atom is -0.489 e. The molecule has 2 aromatic rings. The van der Waals surface area contributed by atoms with E-state index in [0.29, 0.717) is 31.1 Å². The number of benzene rings is 1. The van der Waals surface area contributed by atoms with Gasteiger partial charge < -0.3 is 23.9 Å². The molecule has 1 aliphatic heterocycles. The first-order valence-corrected chi connectivity index (χ1v) is 8.05. The van der Waals surface area contributed by atoms with Crippen molar-refractivity contribution in [2.75, 3.05) is 25.1 Å². The minimum atomic E-state index is -0.734. The first-order chi connectivity index (χ1) is 13.0. The van der Waals surface area contributed by atoms with Crippen LogP contribution in [0.15, 0.2) is 28.9 Å². The molecule has 0 fully saturated rings. The van der Waals surface area contributed by atoms with Crippen molar-refractivity contribution in [3.63, 3.8) is 0 Å². The molecule has 0 atom stereocenters. The number of hydrogen-bond donors (Lipinski definition) is 1. The van der Waals surface area contributed by atoms with Crippen LogP contribution in [0.1, 0.15) is 22.5 Å². The number of hydrogen-bond acceptors (Lipinski definition) is 8. The van der Waals surface area contributed by atoms with Gasteiger partial charge in [-0.25, -0.2) is 4.79 Å². The largest absolute Gasteiger partial charge is 0.489 e. The summed E-state index contributed by atoms with van der Waals surface area (Å²) in [5.41, 5.74) is -0.237. The summed E-state index contributed by atoms with van der Waals surface area (Å²) in [6, 6.07) is 3.93. The number of anilines is 1. The van der Waals surface area contributed by atoms with Crippen molar-refractivity contribution in [3.8, 4) is 11.5 Å². The van der Waals surface area contributed by atoms with Gasteiger partial charge in [0.1, 0.15) is 17.0 Å². The Morgan fingerprint density at radius 1 is 1.26 bits per heavy atom. The van der Waals surface area contributed by atoms with Crippen LogP contribution in [-0.4, -0.2) is 36.6 Å². The quantitative estimate of drug-likeness (QED) is 0.478. The number of nitrogens with zero attached hydrogens (tertiary/aromatic N) is 1. The van der Waals surface area contributed by atoms with Crippen LogP contribution in [0, 0.1) is 17.0 Å². The number of carbonyl (C=O) groups excluding carboxylic acids is 2. The molecular formula is C17H16N2O8. The summed E-state index contributed by atoms with van der Waals surface area (Å²) in [5, 5.41) is 13.7. The lowest BCUT2D eigenvalue weighted by Gasteiger charge is -2.11. The Morgan fingerprint density at radius 2 is 1.96 bits per heavy atom. The van der Waals surface area contributed by atoms with Gasteiger partial charge in [0.2, 0.25) is 0 Å². The molecule has 10 heteroatoms. The molecule has 1 aromatic heterocycles. The highest BCUT2D eigenvalue weighted by atomic mass is 16.6. The molecule has 0 bridgehead atoms. The van der Waals surface area contributed by atoms with E-state index in [0.717, 1.165) is 0 Å². The fourth-order valence-corrected chi connectivity index (χ4v) is 2.44. The van der Waals surface area contributed by atoms with Crippen molar-refractivity contribution in [2.45, 2.75) is 13.3 Å². The molecule has 1 amide bonds. The Bertz CT molecular complexity index is 889. The van der Waals surface area contributed by atoms with E-state index in [1.807, 2.05) is 0 Å². The van der Waals surface area contributed by atoms with E-state index >= 15 is 0 Å². The standard InChI is InChI=1S/C17H16N2O8/c1-10-11(3-6-24-10)17(21)27-9-16(20)18-12-7-14-15(8-13(12)19(22)23)26-5-2-4-25-14/h3,6-8H,2,4-5,9H2,1H3,(H,18,20). The zero-order chi connectivity index (χ0) is 19.4. The van der Waals surface area contributed by atoms with Crippen LogP contribution in [0.5, 0.6) is 11.5 Å². The Hall–Kier alpha value is -3.56. The van der Waals surface area contributed by atoms with Crippen LogP contribution in [0.25, 0.3) is 0 Å². The number of fused-ring (bicyclic) bond motifs is 1. The zero-order valence-electron chi connectivity index (χ0n) is 14.4. The topological polar surface area (TPSA) is 130 Å². The van der Waals surface area contributed by atoms with E-state index in [4.69, 9.17) is 18.6 Å². The van der Waals surface area contributed by atoms with Gasteiger partial charge in [-0.05, 0) is 13.0 Å². The Morgan fingerprint density at radius 3 is 2.59 bits per heavy atom. The average molecular weight is 376 g/mol. The molecule has 0 saturated heterocycles. The van der Waals surface area contributed by atoms with Crippen molar-refractivity contribution in [3.05, 3.63) is 45.9 Å². The lowest BCUT2D eigenvalue weighted by Crippen LogP contribution is -2.21. The lowest BCUT2D eigenvalue weighted by molar-refractivity contribution is -0.384. The van der Waals surface area contributed by atoms with Gasteiger partial charge in [-0.2, -0.15) is 0 Å². The summed E-state index contributed by atoms with van der Waals surface area (Å²) in [7, 11) is 0. The number of ether oxygens (including phenoxy) is 3. The van der Waals surface area contributed by atoms with E-state index in [1.54, 1.807) is 6.92 Å². The number of carbonyl (C=O) groups is 2. The third-order valence-corrected chi connectivity index (χ3v) is 3.75. The number of nitro benzene ring substituents is 1.